The zero-order chi connectivity index (χ0) is 13.9. The molecule has 0 saturated heterocycles. The summed E-state index contributed by atoms with van der Waals surface area (Å²) in [6.07, 6.45) is -4.65. The van der Waals surface area contributed by atoms with Crippen molar-refractivity contribution in [3.8, 4) is 0 Å². The lowest BCUT2D eigenvalue weighted by Crippen LogP contribution is -2.34. The fourth-order valence-corrected chi connectivity index (χ4v) is 1.13. The van der Waals surface area contributed by atoms with Gasteiger partial charge in [0.05, 0.1) is 4.92 Å². The monoisotopic (exact) mass is 266 g/mol. The highest BCUT2D eigenvalue weighted by molar-refractivity contribution is 5.98. The largest absolute Gasteiger partial charge is 0.405 e. The fourth-order valence-electron chi connectivity index (χ4n) is 1.13. The van der Waals surface area contributed by atoms with E-state index in [0.717, 1.165) is 6.07 Å². The highest BCUT2D eigenvalue weighted by Gasteiger charge is 2.29. The molecule has 0 atom stereocenters. The third-order valence-corrected chi connectivity index (χ3v) is 1.85. The van der Waals surface area contributed by atoms with Gasteiger partial charge in [-0.3, -0.25) is 14.9 Å². The summed E-state index contributed by atoms with van der Waals surface area (Å²) in [6.45, 7) is -1.65. The lowest BCUT2D eigenvalue weighted by molar-refractivity contribution is -0.385. The topological polar surface area (TPSA) is 72.2 Å². The van der Waals surface area contributed by atoms with Gasteiger partial charge in [0.25, 0.3) is 11.6 Å². The van der Waals surface area contributed by atoms with Crippen LogP contribution in [0.15, 0.2) is 18.2 Å². The summed E-state index contributed by atoms with van der Waals surface area (Å²) >= 11 is 0. The number of carbonyl (C=O) groups excluding carboxylic acids is 1. The van der Waals surface area contributed by atoms with E-state index in [2.05, 4.69) is 0 Å². The third kappa shape index (κ3) is 3.68. The van der Waals surface area contributed by atoms with Crippen LogP contribution in [-0.4, -0.2) is 23.6 Å². The van der Waals surface area contributed by atoms with Crippen LogP contribution >= 0.6 is 0 Å². The first-order chi connectivity index (χ1) is 8.20. The van der Waals surface area contributed by atoms with Gasteiger partial charge in [0.15, 0.2) is 0 Å². The van der Waals surface area contributed by atoms with Crippen molar-refractivity contribution < 1.29 is 27.3 Å². The van der Waals surface area contributed by atoms with Gasteiger partial charge < -0.3 is 5.32 Å². The Morgan fingerprint density at radius 1 is 1.39 bits per heavy atom. The number of nitro benzene ring substituents is 1. The number of amides is 1. The number of alkyl halides is 3. The smallest absolute Gasteiger partial charge is 0.343 e. The summed E-state index contributed by atoms with van der Waals surface area (Å²) in [5.41, 5.74) is -1.53. The van der Waals surface area contributed by atoms with Gasteiger partial charge in [-0.05, 0) is 12.1 Å². The molecule has 0 aliphatic rings. The Morgan fingerprint density at radius 3 is 2.50 bits per heavy atom. The van der Waals surface area contributed by atoms with E-state index in [0.29, 0.717) is 12.1 Å². The lowest BCUT2D eigenvalue weighted by Gasteiger charge is -2.08. The molecule has 1 amide bonds. The molecule has 0 fully saturated rings. The Hall–Kier alpha value is -2.19. The molecule has 18 heavy (non-hydrogen) atoms. The van der Waals surface area contributed by atoms with Crippen molar-refractivity contribution in [1.29, 1.82) is 0 Å². The number of rotatable bonds is 3. The third-order valence-electron chi connectivity index (χ3n) is 1.85. The molecule has 1 rings (SSSR count). The summed E-state index contributed by atoms with van der Waals surface area (Å²) < 4.78 is 48.4. The predicted octanol–water partition coefficient (Wildman–Crippen LogP) is 2.03. The quantitative estimate of drug-likeness (QED) is 0.517. The van der Waals surface area contributed by atoms with Crippen molar-refractivity contribution >= 4 is 11.6 Å². The first-order valence-corrected chi connectivity index (χ1v) is 4.49. The van der Waals surface area contributed by atoms with Crippen LogP contribution < -0.4 is 5.32 Å². The van der Waals surface area contributed by atoms with E-state index >= 15 is 0 Å². The molecule has 0 unspecified atom stereocenters. The Bertz CT molecular complexity index is 487. The molecule has 0 heterocycles. The average Bonchev–Trinajstić information content (AvgIpc) is 2.24. The van der Waals surface area contributed by atoms with Gasteiger partial charge in [-0.1, -0.05) is 0 Å². The number of halogens is 4. The molecule has 9 heteroatoms. The Morgan fingerprint density at radius 2 is 2.00 bits per heavy atom. The van der Waals surface area contributed by atoms with Crippen molar-refractivity contribution in [3.05, 3.63) is 39.7 Å². The van der Waals surface area contributed by atoms with Crippen molar-refractivity contribution in [1.82, 2.24) is 5.32 Å². The van der Waals surface area contributed by atoms with Crippen LogP contribution in [0, 0.1) is 15.9 Å². The normalized spacial score (nSPS) is 11.1. The van der Waals surface area contributed by atoms with E-state index in [9.17, 15) is 32.5 Å². The molecule has 0 bridgehead atoms. The molecule has 0 radical (unpaired) electrons. The van der Waals surface area contributed by atoms with Gasteiger partial charge in [0.2, 0.25) is 0 Å². The summed E-state index contributed by atoms with van der Waals surface area (Å²) in [4.78, 5) is 20.8. The number of benzene rings is 1. The highest BCUT2D eigenvalue weighted by Crippen LogP contribution is 2.20. The second kappa shape index (κ2) is 4.98. The van der Waals surface area contributed by atoms with Crippen LogP contribution in [0.25, 0.3) is 0 Å². The fraction of sp³-hybridized carbons (Fsp3) is 0.222. The van der Waals surface area contributed by atoms with Crippen LogP contribution in [-0.2, 0) is 0 Å². The van der Waals surface area contributed by atoms with Gasteiger partial charge in [0.1, 0.15) is 17.9 Å². The van der Waals surface area contributed by atoms with E-state index in [1.54, 1.807) is 0 Å². The zero-order valence-corrected chi connectivity index (χ0v) is 8.62. The predicted molar refractivity (Wildman–Crippen MR) is 51.4 cm³/mol. The molecule has 0 spiro atoms. The maximum absolute atomic E-state index is 12.8. The minimum atomic E-state index is -4.65. The molecule has 1 aromatic carbocycles. The Kier molecular flexibility index (Phi) is 3.84. The molecule has 0 aliphatic carbocycles. The average molecular weight is 266 g/mol. The number of nitrogens with zero attached hydrogens (tertiary/aromatic N) is 1. The maximum Gasteiger partial charge on any atom is 0.405 e. The van der Waals surface area contributed by atoms with E-state index < -0.39 is 40.6 Å². The molecule has 1 N–H and O–H groups in total. The number of nitrogens with one attached hydrogen (secondary N) is 1. The maximum atomic E-state index is 12.8. The number of hydrogen-bond acceptors (Lipinski definition) is 3. The molecule has 1 aromatic rings. The van der Waals surface area contributed by atoms with E-state index in [1.807, 2.05) is 0 Å². The van der Waals surface area contributed by atoms with Crippen LogP contribution in [0.2, 0.25) is 0 Å². The molecule has 98 valence electrons. The number of nitro groups is 1. The Labute approximate surface area is 97.6 Å². The van der Waals surface area contributed by atoms with Gasteiger partial charge in [-0.25, -0.2) is 4.39 Å². The van der Waals surface area contributed by atoms with Crippen LogP contribution in [0.1, 0.15) is 10.4 Å². The lowest BCUT2D eigenvalue weighted by atomic mass is 10.1. The minimum absolute atomic E-state index is 0.504. The molecular weight excluding hydrogens is 260 g/mol. The molecule has 0 aliphatic heterocycles. The SMILES string of the molecule is O=C(NCC(F)(F)F)c1cc(F)ccc1[N+](=O)[O-]. The van der Waals surface area contributed by atoms with Crippen LogP contribution in [0.4, 0.5) is 23.2 Å². The molecular formula is C9H6F4N2O3. The number of hydrogen-bond donors (Lipinski definition) is 1. The van der Waals surface area contributed by atoms with E-state index in [4.69, 9.17) is 0 Å². The minimum Gasteiger partial charge on any atom is -0.343 e. The van der Waals surface area contributed by atoms with Crippen molar-refractivity contribution in [3.63, 3.8) is 0 Å². The second-order valence-corrected chi connectivity index (χ2v) is 3.22. The second-order valence-electron chi connectivity index (χ2n) is 3.22. The Balaban J connectivity index is 2.97. The number of carbonyl (C=O) groups is 1. The van der Waals surface area contributed by atoms with E-state index in [1.165, 1.54) is 5.32 Å². The van der Waals surface area contributed by atoms with Crippen molar-refractivity contribution in [2.75, 3.05) is 6.54 Å². The zero-order valence-electron chi connectivity index (χ0n) is 8.62. The van der Waals surface area contributed by atoms with Gasteiger partial charge in [0, 0.05) is 6.07 Å². The van der Waals surface area contributed by atoms with Crippen LogP contribution in [0.5, 0.6) is 0 Å². The summed E-state index contributed by atoms with van der Waals surface area (Å²) in [5.74, 6) is -2.32. The van der Waals surface area contributed by atoms with Crippen LogP contribution in [0.3, 0.4) is 0 Å². The van der Waals surface area contributed by atoms with Crippen molar-refractivity contribution in [2.24, 2.45) is 0 Å². The highest BCUT2D eigenvalue weighted by atomic mass is 19.4. The van der Waals surface area contributed by atoms with Gasteiger partial charge in [-0.15, -0.1) is 0 Å². The standard InChI is InChI=1S/C9H6F4N2O3/c10-5-1-2-7(15(17)18)6(3-5)8(16)14-4-9(11,12)13/h1-3H,4H2,(H,14,16). The summed E-state index contributed by atoms with van der Waals surface area (Å²) in [6, 6.07) is 1.94. The summed E-state index contributed by atoms with van der Waals surface area (Å²) in [7, 11) is 0. The molecule has 0 aromatic heterocycles. The van der Waals surface area contributed by atoms with Gasteiger partial charge >= 0.3 is 6.18 Å². The molecule has 5 nitrogen and oxygen atoms in total. The first kappa shape index (κ1) is 13.9. The molecule has 0 saturated carbocycles. The first-order valence-electron chi connectivity index (χ1n) is 4.49. The van der Waals surface area contributed by atoms with Gasteiger partial charge in [-0.2, -0.15) is 13.2 Å². The summed E-state index contributed by atoms with van der Waals surface area (Å²) in [5, 5.41) is 11.9. The van der Waals surface area contributed by atoms with Crippen molar-refractivity contribution in [2.45, 2.75) is 6.18 Å². The van der Waals surface area contributed by atoms with E-state index in [-0.39, 0.29) is 0 Å².